The quantitative estimate of drug-likeness (QED) is 0.113. The number of pyridine rings is 6. The number of fused-ring (bicyclic) bond motifs is 10. The Kier molecular flexibility index (Phi) is 19.3. The van der Waals surface area contributed by atoms with Gasteiger partial charge in [-0.1, -0.05) is 364 Å². The molecule has 118 heavy (non-hydrogen) atoms. The summed E-state index contributed by atoms with van der Waals surface area (Å²) < 4.78 is 0. The molecule has 6 aromatic heterocycles. The first-order valence-corrected chi connectivity index (χ1v) is 39.9. The van der Waals surface area contributed by atoms with Crippen LogP contribution in [-0.2, 0) is 0 Å². The molecule has 0 aliphatic rings. The third-order valence-electron chi connectivity index (χ3n) is 22.4. The van der Waals surface area contributed by atoms with E-state index >= 15 is 0 Å². The van der Waals surface area contributed by atoms with E-state index in [0.29, 0.717) is 0 Å². The fraction of sp³-hybridized carbons (Fsp3) is 0. The number of benzene rings is 16. The van der Waals surface area contributed by atoms with Crippen LogP contribution in [-0.4, -0.2) is 29.9 Å². The number of hydrogen-bond donors (Lipinski definition) is 0. The highest BCUT2D eigenvalue weighted by Gasteiger charge is 2.21. The second kappa shape index (κ2) is 32.0. The average molecular weight is 1500 g/mol. The van der Waals surface area contributed by atoms with Crippen LogP contribution in [0.15, 0.2) is 449 Å². The third-order valence-corrected chi connectivity index (χ3v) is 22.4. The second-order valence-corrected chi connectivity index (χ2v) is 29.5. The van der Waals surface area contributed by atoms with Crippen molar-refractivity contribution >= 4 is 75.9 Å². The Morgan fingerprint density at radius 2 is 0.449 bits per heavy atom. The van der Waals surface area contributed by atoms with Gasteiger partial charge in [0.2, 0.25) is 0 Å². The topological polar surface area (TPSA) is 77.3 Å². The summed E-state index contributed by atoms with van der Waals surface area (Å²) in [4.78, 5) is 29.4. The molecule has 22 aromatic rings. The third kappa shape index (κ3) is 14.2. The zero-order chi connectivity index (χ0) is 78.5. The van der Waals surface area contributed by atoms with E-state index in [9.17, 15) is 0 Å². The summed E-state index contributed by atoms with van der Waals surface area (Å²) in [5.74, 6) is 0. The lowest BCUT2D eigenvalue weighted by molar-refractivity contribution is 1.33. The van der Waals surface area contributed by atoms with Crippen LogP contribution >= 0.6 is 0 Å². The average Bonchev–Trinajstić information content (AvgIpc) is 0.750. The van der Waals surface area contributed by atoms with Gasteiger partial charge in [0.05, 0.1) is 50.5 Å². The van der Waals surface area contributed by atoms with Gasteiger partial charge in [0, 0.05) is 84.1 Å². The summed E-state index contributed by atoms with van der Waals surface area (Å²) in [5, 5.41) is 11.7. The van der Waals surface area contributed by atoms with Crippen molar-refractivity contribution in [1.82, 2.24) is 29.9 Å². The number of rotatable bonds is 12. The molecule has 0 aliphatic heterocycles. The SMILES string of the molecule is c1ccc(-c2cc(-c3ccccc3)c3cc(-c4ccc(-c5ccc6ccccc6n5)cc4)c4ccccc4c3n2)cc1.c1ccc(-c2cc(-c3ccccc3)c3cc(-c4ccc(-c5ccccn5)cc4)c4ccccc4c3n2)cc1.c1ccc(-c2cc(-c3ccccc3)c3cc(-c4ccc(-c5cccnc5)cc4)c4ccccc4c3n2)cc1. The summed E-state index contributed by atoms with van der Waals surface area (Å²) in [7, 11) is 0. The Balaban J connectivity index is 0.000000114. The van der Waals surface area contributed by atoms with E-state index in [4.69, 9.17) is 19.9 Å². The monoisotopic (exact) mass is 1500 g/mol. The maximum atomic E-state index is 5.26. The Bertz CT molecular complexity index is 7100. The molecular weight excluding hydrogens is 1430 g/mol. The fourth-order valence-electron chi connectivity index (χ4n) is 16.5. The van der Waals surface area contributed by atoms with E-state index in [1.54, 1.807) is 6.20 Å². The van der Waals surface area contributed by atoms with E-state index in [1.807, 2.05) is 67.0 Å². The largest absolute Gasteiger partial charge is 0.264 e. The lowest BCUT2D eigenvalue weighted by atomic mass is 9.90. The molecule has 0 radical (unpaired) electrons. The first kappa shape index (κ1) is 71.3. The van der Waals surface area contributed by atoms with E-state index in [0.717, 1.165) is 127 Å². The van der Waals surface area contributed by atoms with Gasteiger partial charge in [-0.2, -0.15) is 0 Å². The van der Waals surface area contributed by atoms with Crippen molar-refractivity contribution < 1.29 is 0 Å². The zero-order valence-corrected chi connectivity index (χ0v) is 64.4. The summed E-state index contributed by atoms with van der Waals surface area (Å²) in [5.41, 5.74) is 31.1. The predicted octanol–water partition coefficient (Wildman–Crippen LogP) is 29.5. The maximum Gasteiger partial charge on any atom is 0.0794 e. The number of hydrogen-bond acceptors (Lipinski definition) is 6. The molecule has 6 nitrogen and oxygen atoms in total. The number of para-hydroxylation sites is 1. The molecule has 0 saturated heterocycles. The number of aromatic nitrogens is 6. The predicted molar refractivity (Wildman–Crippen MR) is 494 cm³/mol. The maximum absolute atomic E-state index is 5.26. The van der Waals surface area contributed by atoms with Crippen LogP contribution in [0.25, 0.3) is 210 Å². The summed E-state index contributed by atoms with van der Waals surface area (Å²) in [6.07, 6.45) is 5.55. The van der Waals surface area contributed by atoms with Crippen molar-refractivity contribution in [2.75, 3.05) is 0 Å². The molecule has 22 rings (SSSR count). The molecule has 0 amide bonds. The summed E-state index contributed by atoms with van der Waals surface area (Å²) in [6.45, 7) is 0. The second-order valence-electron chi connectivity index (χ2n) is 29.5. The molecule has 0 bridgehead atoms. The first-order valence-electron chi connectivity index (χ1n) is 39.9. The van der Waals surface area contributed by atoms with Gasteiger partial charge in [0.1, 0.15) is 0 Å². The van der Waals surface area contributed by atoms with Gasteiger partial charge in [-0.15, -0.1) is 0 Å². The zero-order valence-electron chi connectivity index (χ0n) is 64.4. The molecular formula is C112H74N6. The Hall–Kier alpha value is -15.8. The number of nitrogens with zero attached hydrogens (tertiary/aromatic N) is 6. The van der Waals surface area contributed by atoms with Gasteiger partial charge >= 0.3 is 0 Å². The smallest absolute Gasteiger partial charge is 0.0794 e. The van der Waals surface area contributed by atoms with Crippen LogP contribution in [0.3, 0.4) is 0 Å². The normalized spacial score (nSPS) is 11.2. The molecule has 0 atom stereocenters. The highest BCUT2D eigenvalue weighted by atomic mass is 14.7. The molecule has 0 N–H and O–H groups in total. The minimum atomic E-state index is 0.978. The van der Waals surface area contributed by atoms with Crippen LogP contribution in [0.5, 0.6) is 0 Å². The standard InChI is InChI=1S/C40H26N2.2C36H24N2/c1-3-11-27(12-4-1)35-26-39(29-13-5-2-6-14-29)42-40-33-17-9-8-16-32(33)34(25-36(35)40)28-19-21-31(22-20-28)38-24-23-30-15-7-10-18-37(30)41-38;1-3-11-25(12-4-1)32-24-35(27-13-5-2-6-14-27)38-36-30-16-8-7-15-29(30)31(23-33(32)36)26-18-20-28(21-19-26)34-17-9-10-22-37-34;1-3-10-26(11-4-1)33-23-35(28-12-5-2-6-13-28)38-36-31-16-8-7-15-30(31)32(22-34(33)36)27-19-17-25(18-20-27)29-14-9-21-37-24-29/h1-26H;2*1-24H. The lowest BCUT2D eigenvalue weighted by Crippen LogP contribution is -1.93. The van der Waals surface area contributed by atoms with E-state index < -0.39 is 0 Å². The van der Waals surface area contributed by atoms with Crippen molar-refractivity contribution in [3.8, 4) is 134 Å². The highest BCUT2D eigenvalue weighted by Crippen LogP contribution is 2.45. The fourth-order valence-corrected chi connectivity index (χ4v) is 16.5. The van der Waals surface area contributed by atoms with Crippen LogP contribution in [0.1, 0.15) is 0 Å². The van der Waals surface area contributed by atoms with Crippen molar-refractivity contribution in [2.45, 2.75) is 0 Å². The molecule has 0 aliphatic carbocycles. The van der Waals surface area contributed by atoms with Crippen LogP contribution in [0.4, 0.5) is 0 Å². The molecule has 6 heteroatoms. The molecule has 552 valence electrons. The minimum absolute atomic E-state index is 0.978. The van der Waals surface area contributed by atoms with Crippen molar-refractivity contribution in [3.63, 3.8) is 0 Å². The van der Waals surface area contributed by atoms with E-state index in [-0.39, 0.29) is 0 Å². The Labute approximate surface area is 684 Å². The Morgan fingerprint density at radius 1 is 0.153 bits per heavy atom. The van der Waals surface area contributed by atoms with Gasteiger partial charge in [-0.25, -0.2) is 19.9 Å². The lowest BCUT2D eigenvalue weighted by Gasteiger charge is -2.16. The first-order chi connectivity index (χ1) is 58.5. The van der Waals surface area contributed by atoms with E-state index in [1.165, 1.54) is 82.9 Å². The van der Waals surface area contributed by atoms with Crippen LogP contribution in [0.2, 0.25) is 0 Å². The molecule has 0 spiro atoms. The van der Waals surface area contributed by atoms with Gasteiger partial charge in [0.25, 0.3) is 0 Å². The molecule has 0 saturated carbocycles. The van der Waals surface area contributed by atoms with E-state index in [2.05, 4.69) is 386 Å². The minimum Gasteiger partial charge on any atom is -0.264 e. The van der Waals surface area contributed by atoms with Crippen LogP contribution in [0, 0.1) is 0 Å². The van der Waals surface area contributed by atoms with Gasteiger partial charge < -0.3 is 0 Å². The molecule has 0 unspecified atom stereocenters. The summed E-state index contributed by atoms with van der Waals surface area (Å²) >= 11 is 0. The van der Waals surface area contributed by atoms with Gasteiger partial charge in [-0.05, 0) is 161 Å². The Morgan fingerprint density at radius 3 is 0.822 bits per heavy atom. The van der Waals surface area contributed by atoms with Gasteiger partial charge in [-0.3, -0.25) is 9.97 Å². The van der Waals surface area contributed by atoms with Crippen molar-refractivity contribution in [2.24, 2.45) is 0 Å². The van der Waals surface area contributed by atoms with Gasteiger partial charge in [0.15, 0.2) is 0 Å². The van der Waals surface area contributed by atoms with Crippen molar-refractivity contribution in [3.05, 3.63) is 449 Å². The van der Waals surface area contributed by atoms with Crippen molar-refractivity contribution in [1.29, 1.82) is 0 Å². The molecule has 6 heterocycles. The molecule has 0 fully saturated rings. The highest BCUT2D eigenvalue weighted by molar-refractivity contribution is 6.19. The summed E-state index contributed by atoms with van der Waals surface area (Å²) in [6, 6.07) is 152. The molecule has 16 aromatic carbocycles. The van der Waals surface area contributed by atoms with Crippen LogP contribution < -0.4 is 0 Å².